The molecule has 0 saturated carbocycles. The zero-order valence-electron chi connectivity index (χ0n) is 20.2. The number of carbonyl (C=O) groups is 3. The maximum absolute atomic E-state index is 13.5. The number of rotatable bonds is 8. The third kappa shape index (κ3) is 6.33. The molecule has 1 N–H and O–H groups in total. The zero-order chi connectivity index (χ0) is 23.3. The first-order valence-electron chi connectivity index (χ1n) is 12.4. The van der Waals surface area contributed by atoms with Crippen molar-refractivity contribution in [1.82, 2.24) is 15.1 Å². The van der Waals surface area contributed by atoms with Gasteiger partial charge in [-0.05, 0) is 37.5 Å². The van der Waals surface area contributed by atoms with Crippen molar-refractivity contribution in [2.75, 3.05) is 26.2 Å². The molecule has 7 nitrogen and oxygen atoms in total. The number of ether oxygens (including phenoxy) is 1. The van der Waals surface area contributed by atoms with E-state index >= 15 is 0 Å². The van der Waals surface area contributed by atoms with Crippen molar-refractivity contribution in [3.63, 3.8) is 0 Å². The summed E-state index contributed by atoms with van der Waals surface area (Å²) in [5.74, 6) is 0.534. The minimum absolute atomic E-state index is 0.0184. The topological polar surface area (TPSA) is 79.0 Å². The number of nitrogens with one attached hydrogen (secondary N) is 1. The third-order valence-electron chi connectivity index (χ3n) is 6.78. The van der Waals surface area contributed by atoms with Gasteiger partial charge in [0.1, 0.15) is 12.1 Å². The standard InChI is InChI=1S/C25H41N3O4/c1-17(2)15-21-23(29)28(14-11-26-21)22(16-18(3)4)24(30)27-12-9-19(10-13-27)25(31)32-20-7-5-6-8-20/h5-6,17-22,26H,7-16H2,1-4H3/t21-,22?/m0/s1. The van der Waals surface area contributed by atoms with Gasteiger partial charge in [0.05, 0.1) is 12.0 Å². The molecule has 2 aliphatic heterocycles. The second kappa shape index (κ2) is 11.3. The van der Waals surface area contributed by atoms with Gasteiger partial charge in [-0.25, -0.2) is 0 Å². The van der Waals surface area contributed by atoms with Crippen molar-refractivity contribution in [2.24, 2.45) is 17.8 Å². The van der Waals surface area contributed by atoms with Crippen LogP contribution in [0, 0.1) is 17.8 Å². The highest BCUT2D eigenvalue weighted by molar-refractivity contribution is 5.90. The monoisotopic (exact) mass is 447 g/mol. The third-order valence-corrected chi connectivity index (χ3v) is 6.78. The molecular weight excluding hydrogens is 406 g/mol. The van der Waals surface area contributed by atoms with Crippen molar-refractivity contribution in [2.45, 2.75) is 84.4 Å². The number of esters is 1. The molecule has 3 rings (SSSR count). The lowest BCUT2D eigenvalue weighted by Gasteiger charge is -2.42. The summed E-state index contributed by atoms with van der Waals surface area (Å²) in [5.41, 5.74) is 0. The van der Waals surface area contributed by atoms with Crippen LogP contribution in [0.25, 0.3) is 0 Å². The number of piperazine rings is 1. The molecule has 1 unspecified atom stereocenters. The van der Waals surface area contributed by atoms with Crippen molar-refractivity contribution in [1.29, 1.82) is 0 Å². The summed E-state index contributed by atoms with van der Waals surface area (Å²) in [6, 6.07) is -0.635. The van der Waals surface area contributed by atoms with Crippen LogP contribution in [0.2, 0.25) is 0 Å². The van der Waals surface area contributed by atoms with Crippen LogP contribution in [0.4, 0.5) is 0 Å². The number of nitrogens with zero attached hydrogens (tertiary/aromatic N) is 2. The fraction of sp³-hybridized carbons (Fsp3) is 0.800. The molecular formula is C25H41N3O4. The number of piperidine rings is 1. The van der Waals surface area contributed by atoms with E-state index in [0.29, 0.717) is 50.7 Å². The van der Waals surface area contributed by atoms with Crippen molar-refractivity contribution in [3.8, 4) is 0 Å². The molecule has 0 aromatic heterocycles. The quantitative estimate of drug-likeness (QED) is 0.457. The molecule has 1 aliphatic carbocycles. The van der Waals surface area contributed by atoms with Crippen molar-refractivity contribution >= 4 is 17.8 Å². The van der Waals surface area contributed by atoms with Gasteiger partial charge in [0, 0.05) is 39.0 Å². The molecule has 2 fully saturated rings. The van der Waals surface area contributed by atoms with Crippen LogP contribution < -0.4 is 5.32 Å². The van der Waals surface area contributed by atoms with Crippen molar-refractivity contribution in [3.05, 3.63) is 12.2 Å². The van der Waals surface area contributed by atoms with E-state index in [1.807, 2.05) is 9.80 Å². The molecule has 0 aromatic carbocycles. The van der Waals surface area contributed by atoms with Gasteiger partial charge in [-0.3, -0.25) is 14.4 Å². The molecule has 0 aromatic rings. The van der Waals surface area contributed by atoms with Gasteiger partial charge in [0.15, 0.2) is 0 Å². The molecule has 2 saturated heterocycles. The first kappa shape index (κ1) is 24.7. The smallest absolute Gasteiger partial charge is 0.309 e. The van der Waals surface area contributed by atoms with Gasteiger partial charge in [-0.15, -0.1) is 0 Å². The molecule has 2 heterocycles. The summed E-state index contributed by atoms with van der Waals surface area (Å²) < 4.78 is 5.63. The van der Waals surface area contributed by atoms with E-state index in [2.05, 4.69) is 45.2 Å². The van der Waals surface area contributed by atoms with E-state index in [9.17, 15) is 14.4 Å². The van der Waals surface area contributed by atoms with Crippen LogP contribution >= 0.6 is 0 Å². The van der Waals surface area contributed by atoms with Gasteiger partial charge in [-0.2, -0.15) is 0 Å². The van der Waals surface area contributed by atoms with Crippen molar-refractivity contribution < 1.29 is 19.1 Å². The molecule has 7 heteroatoms. The number of hydrogen-bond donors (Lipinski definition) is 1. The zero-order valence-corrected chi connectivity index (χ0v) is 20.2. The maximum atomic E-state index is 13.5. The summed E-state index contributed by atoms with van der Waals surface area (Å²) in [5, 5.41) is 3.33. The van der Waals surface area contributed by atoms with E-state index < -0.39 is 6.04 Å². The SMILES string of the molecule is CC(C)CC(C(=O)N1CCC(C(=O)OC2CC=CC2)CC1)N1CCN[C@@H](CC(C)C)C1=O. The van der Waals surface area contributed by atoms with E-state index in [4.69, 9.17) is 4.74 Å². The Bertz CT molecular complexity index is 689. The van der Waals surface area contributed by atoms with Crippen LogP contribution in [-0.2, 0) is 19.1 Å². The summed E-state index contributed by atoms with van der Waals surface area (Å²) in [6.45, 7) is 10.8. The van der Waals surface area contributed by atoms with Crippen LogP contribution in [0.15, 0.2) is 12.2 Å². The Morgan fingerprint density at radius 3 is 2.31 bits per heavy atom. The second-order valence-electron chi connectivity index (χ2n) is 10.4. The highest BCUT2D eigenvalue weighted by atomic mass is 16.5. The molecule has 3 aliphatic rings. The van der Waals surface area contributed by atoms with Crippen LogP contribution in [0.1, 0.15) is 66.2 Å². The minimum atomic E-state index is -0.424. The Morgan fingerprint density at radius 1 is 1.06 bits per heavy atom. The Hall–Kier alpha value is -1.89. The van der Waals surface area contributed by atoms with Gasteiger partial charge in [-0.1, -0.05) is 39.8 Å². The maximum Gasteiger partial charge on any atom is 0.309 e. The summed E-state index contributed by atoms with van der Waals surface area (Å²) in [4.78, 5) is 42.9. The van der Waals surface area contributed by atoms with Crippen LogP contribution in [0.3, 0.4) is 0 Å². The van der Waals surface area contributed by atoms with Crippen LogP contribution in [-0.4, -0.2) is 72.0 Å². The van der Waals surface area contributed by atoms with E-state index in [-0.39, 0.29) is 35.8 Å². The fourth-order valence-corrected chi connectivity index (χ4v) is 5.03. The molecule has 180 valence electrons. The van der Waals surface area contributed by atoms with Gasteiger partial charge in [0.25, 0.3) is 0 Å². The molecule has 32 heavy (non-hydrogen) atoms. The Labute approximate surface area is 192 Å². The summed E-state index contributed by atoms with van der Waals surface area (Å²) in [6.07, 6.45) is 8.39. The predicted octanol–water partition coefficient (Wildman–Crippen LogP) is 2.75. The largest absolute Gasteiger partial charge is 0.461 e. The first-order chi connectivity index (χ1) is 15.3. The summed E-state index contributed by atoms with van der Waals surface area (Å²) in [7, 11) is 0. The van der Waals surface area contributed by atoms with Gasteiger partial charge >= 0.3 is 5.97 Å². The number of amides is 2. The highest BCUT2D eigenvalue weighted by Gasteiger charge is 2.39. The summed E-state index contributed by atoms with van der Waals surface area (Å²) >= 11 is 0. The lowest BCUT2D eigenvalue weighted by atomic mass is 9.93. The van der Waals surface area contributed by atoms with Gasteiger partial charge in [0.2, 0.25) is 11.8 Å². The molecule has 0 bridgehead atoms. The average molecular weight is 448 g/mol. The van der Waals surface area contributed by atoms with E-state index in [1.165, 1.54) is 0 Å². The van der Waals surface area contributed by atoms with E-state index in [0.717, 1.165) is 25.8 Å². The second-order valence-corrected chi connectivity index (χ2v) is 10.4. The average Bonchev–Trinajstić information content (AvgIpc) is 3.26. The van der Waals surface area contributed by atoms with Crippen LogP contribution in [0.5, 0.6) is 0 Å². The number of hydrogen-bond acceptors (Lipinski definition) is 5. The predicted molar refractivity (Wildman–Crippen MR) is 124 cm³/mol. The van der Waals surface area contributed by atoms with Gasteiger partial charge < -0.3 is 19.9 Å². The fourth-order valence-electron chi connectivity index (χ4n) is 5.03. The Morgan fingerprint density at radius 2 is 1.72 bits per heavy atom. The lowest BCUT2D eigenvalue weighted by molar-refractivity contribution is -0.157. The minimum Gasteiger partial charge on any atom is -0.461 e. The molecule has 2 amide bonds. The lowest BCUT2D eigenvalue weighted by Crippen LogP contribution is -2.62. The number of likely N-dealkylation sites (tertiary alicyclic amines) is 1. The molecule has 0 spiro atoms. The Kier molecular flexibility index (Phi) is 8.74. The Balaban J connectivity index is 1.60. The number of carbonyl (C=O) groups excluding carboxylic acids is 3. The molecule has 0 radical (unpaired) electrons. The first-order valence-corrected chi connectivity index (χ1v) is 12.4. The molecule has 2 atom stereocenters. The highest BCUT2D eigenvalue weighted by Crippen LogP contribution is 2.25. The normalized spacial score (nSPS) is 23.9. The van der Waals surface area contributed by atoms with E-state index in [1.54, 1.807) is 0 Å².